The van der Waals surface area contributed by atoms with Gasteiger partial charge in [0.25, 0.3) is 0 Å². The molecule has 0 spiro atoms. The molecule has 0 aliphatic rings. The van der Waals surface area contributed by atoms with Crippen molar-refractivity contribution >= 4 is 17.9 Å². The molecular formula is C26H39N3O4. The molecule has 7 nitrogen and oxygen atoms in total. The maximum atomic E-state index is 13.8. The van der Waals surface area contributed by atoms with Crippen molar-refractivity contribution < 1.29 is 19.1 Å². The number of rotatable bonds is 9. The van der Waals surface area contributed by atoms with E-state index in [1.807, 2.05) is 34.6 Å². The predicted molar refractivity (Wildman–Crippen MR) is 130 cm³/mol. The number of benzene rings is 1. The normalized spacial score (nSPS) is 13.1. The van der Waals surface area contributed by atoms with Gasteiger partial charge in [0, 0.05) is 18.2 Å². The fraction of sp³-hybridized carbons (Fsp3) is 0.577. The van der Waals surface area contributed by atoms with Gasteiger partial charge in [0.1, 0.15) is 17.7 Å². The number of nitrogens with one attached hydrogen (secondary N) is 2. The molecule has 0 aromatic heterocycles. The maximum Gasteiger partial charge on any atom is 0.408 e. The average Bonchev–Trinajstić information content (AvgIpc) is 2.69. The van der Waals surface area contributed by atoms with Gasteiger partial charge in [-0.2, -0.15) is 0 Å². The van der Waals surface area contributed by atoms with Gasteiger partial charge in [0.2, 0.25) is 11.8 Å². The monoisotopic (exact) mass is 457 g/mol. The quantitative estimate of drug-likeness (QED) is 0.548. The van der Waals surface area contributed by atoms with Crippen molar-refractivity contribution in [1.29, 1.82) is 0 Å². The molecule has 0 radical (unpaired) electrons. The minimum absolute atomic E-state index is 0.127. The largest absolute Gasteiger partial charge is 0.444 e. The van der Waals surface area contributed by atoms with Crippen LogP contribution in [0.25, 0.3) is 0 Å². The van der Waals surface area contributed by atoms with E-state index in [1.54, 1.807) is 45.0 Å². The van der Waals surface area contributed by atoms with E-state index in [1.165, 1.54) is 4.90 Å². The smallest absolute Gasteiger partial charge is 0.408 e. The summed E-state index contributed by atoms with van der Waals surface area (Å²) < 4.78 is 5.36. The van der Waals surface area contributed by atoms with Gasteiger partial charge in [-0.3, -0.25) is 9.59 Å². The zero-order valence-corrected chi connectivity index (χ0v) is 21.2. The molecule has 1 rings (SSSR count). The van der Waals surface area contributed by atoms with Gasteiger partial charge in [0.15, 0.2) is 0 Å². The van der Waals surface area contributed by atoms with E-state index in [9.17, 15) is 14.4 Å². The molecule has 182 valence electrons. The first-order chi connectivity index (χ1) is 15.3. The minimum atomic E-state index is -0.936. The van der Waals surface area contributed by atoms with Gasteiger partial charge in [0.05, 0.1) is 0 Å². The third-order valence-corrected chi connectivity index (χ3v) is 4.75. The summed E-state index contributed by atoms with van der Waals surface area (Å²) in [7, 11) is 0. The van der Waals surface area contributed by atoms with Gasteiger partial charge in [-0.15, -0.1) is 6.42 Å². The summed E-state index contributed by atoms with van der Waals surface area (Å²) in [5.74, 6) is 1.70. The van der Waals surface area contributed by atoms with Crippen LogP contribution in [0.4, 0.5) is 4.79 Å². The third kappa shape index (κ3) is 8.45. The van der Waals surface area contributed by atoms with Crippen molar-refractivity contribution in [2.24, 2.45) is 5.92 Å². The lowest BCUT2D eigenvalue weighted by Gasteiger charge is -2.36. The van der Waals surface area contributed by atoms with Crippen LogP contribution in [0.15, 0.2) is 24.3 Å². The highest BCUT2D eigenvalue weighted by Crippen LogP contribution is 2.27. The molecule has 33 heavy (non-hydrogen) atoms. The standard InChI is InChI=1S/C26H39N3O4/c1-10-16-29(24(31)21(17(3)4)28-25(32)33-26(7,8)9)22(23(30)27-18(5)6)20-15-13-12-14-19(20)11-2/h2,12-15,17-18,21-22H,10,16H2,1,3-9H3,(H,27,30)(H,28,32). The molecule has 3 amide bonds. The predicted octanol–water partition coefficient (Wildman–Crippen LogP) is 4.02. The van der Waals surface area contributed by atoms with Crippen molar-refractivity contribution in [1.82, 2.24) is 15.5 Å². The second-order valence-electron chi connectivity index (χ2n) is 9.70. The van der Waals surface area contributed by atoms with Crippen LogP contribution in [-0.4, -0.2) is 47.0 Å². The summed E-state index contributed by atoms with van der Waals surface area (Å²) >= 11 is 0. The average molecular weight is 458 g/mol. The molecule has 1 aromatic carbocycles. The number of amides is 3. The first-order valence-electron chi connectivity index (χ1n) is 11.5. The summed E-state index contributed by atoms with van der Waals surface area (Å²) in [6.07, 6.45) is 5.65. The molecule has 2 N–H and O–H groups in total. The van der Waals surface area contributed by atoms with E-state index < -0.39 is 23.8 Å². The number of carbonyl (C=O) groups excluding carboxylic acids is 3. The van der Waals surface area contributed by atoms with E-state index in [0.29, 0.717) is 24.1 Å². The van der Waals surface area contributed by atoms with Crippen LogP contribution in [0.3, 0.4) is 0 Å². The summed E-state index contributed by atoms with van der Waals surface area (Å²) in [5, 5.41) is 5.61. The summed E-state index contributed by atoms with van der Waals surface area (Å²) in [4.78, 5) is 41.1. The van der Waals surface area contributed by atoms with E-state index in [0.717, 1.165) is 0 Å². The lowest BCUT2D eigenvalue weighted by atomic mass is 9.95. The SMILES string of the molecule is C#Cc1ccccc1C(C(=O)NC(C)C)N(CCC)C(=O)C(NC(=O)OC(C)(C)C)C(C)C. The molecule has 0 saturated heterocycles. The first kappa shape index (κ1) is 28.0. The highest BCUT2D eigenvalue weighted by molar-refractivity contribution is 5.92. The van der Waals surface area contributed by atoms with Gasteiger partial charge < -0.3 is 20.3 Å². The van der Waals surface area contributed by atoms with Crippen molar-refractivity contribution in [3.05, 3.63) is 35.4 Å². The Hall–Kier alpha value is -3.01. The minimum Gasteiger partial charge on any atom is -0.444 e. The Balaban J connectivity index is 3.48. The zero-order chi connectivity index (χ0) is 25.3. The molecule has 0 aliphatic heterocycles. The van der Waals surface area contributed by atoms with Gasteiger partial charge in [-0.25, -0.2) is 4.79 Å². The molecule has 7 heteroatoms. The second-order valence-corrected chi connectivity index (χ2v) is 9.70. The zero-order valence-electron chi connectivity index (χ0n) is 21.2. The molecule has 0 aliphatic carbocycles. The highest BCUT2D eigenvalue weighted by atomic mass is 16.6. The van der Waals surface area contributed by atoms with Crippen LogP contribution in [0.5, 0.6) is 0 Å². The molecule has 2 atom stereocenters. The lowest BCUT2D eigenvalue weighted by Crippen LogP contribution is -2.55. The van der Waals surface area contributed by atoms with Crippen LogP contribution >= 0.6 is 0 Å². The molecule has 0 heterocycles. The number of alkyl carbamates (subject to hydrolysis) is 1. The molecule has 2 unspecified atom stereocenters. The van der Waals surface area contributed by atoms with Crippen LogP contribution in [0.2, 0.25) is 0 Å². The van der Waals surface area contributed by atoms with Gasteiger partial charge in [-0.1, -0.05) is 44.9 Å². The fourth-order valence-corrected chi connectivity index (χ4v) is 3.42. The number of hydrogen-bond donors (Lipinski definition) is 2. The number of hydrogen-bond acceptors (Lipinski definition) is 4. The third-order valence-electron chi connectivity index (χ3n) is 4.75. The molecule has 0 bridgehead atoms. The molecule has 0 saturated carbocycles. The van der Waals surface area contributed by atoms with Crippen LogP contribution in [-0.2, 0) is 14.3 Å². The lowest BCUT2D eigenvalue weighted by molar-refractivity contribution is -0.143. The first-order valence-corrected chi connectivity index (χ1v) is 11.5. The van der Waals surface area contributed by atoms with Crippen molar-refractivity contribution in [3.8, 4) is 12.3 Å². The van der Waals surface area contributed by atoms with Gasteiger partial charge in [-0.05, 0) is 58.6 Å². The van der Waals surface area contributed by atoms with Crippen LogP contribution in [0.1, 0.15) is 79.0 Å². The fourth-order valence-electron chi connectivity index (χ4n) is 3.42. The topological polar surface area (TPSA) is 87.7 Å². The van der Waals surface area contributed by atoms with E-state index >= 15 is 0 Å². The molecule has 1 aromatic rings. The van der Waals surface area contributed by atoms with E-state index in [-0.39, 0.29) is 23.8 Å². The van der Waals surface area contributed by atoms with Crippen molar-refractivity contribution in [3.63, 3.8) is 0 Å². The molecule has 0 fully saturated rings. The van der Waals surface area contributed by atoms with E-state index in [4.69, 9.17) is 11.2 Å². The number of terminal acetylenes is 1. The van der Waals surface area contributed by atoms with Gasteiger partial charge >= 0.3 is 6.09 Å². The van der Waals surface area contributed by atoms with Crippen molar-refractivity contribution in [2.75, 3.05) is 6.54 Å². The van der Waals surface area contributed by atoms with E-state index in [2.05, 4.69) is 16.6 Å². The number of nitrogens with zero attached hydrogens (tertiary/aromatic N) is 1. The Bertz CT molecular complexity index is 865. The summed E-state index contributed by atoms with van der Waals surface area (Å²) in [5.41, 5.74) is 0.402. The van der Waals surface area contributed by atoms with Crippen molar-refractivity contribution in [2.45, 2.75) is 85.5 Å². The molecular weight excluding hydrogens is 418 g/mol. The Morgan fingerprint density at radius 2 is 1.70 bits per heavy atom. The Morgan fingerprint density at radius 1 is 1.09 bits per heavy atom. The summed E-state index contributed by atoms with van der Waals surface area (Å²) in [6, 6.07) is 5.16. The number of ether oxygens (including phenoxy) is 1. The van der Waals surface area contributed by atoms with Crippen LogP contribution in [0, 0.1) is 18.3 Å². The maximum absolute atomic E-state index is 13.8. The Morgan fingerprint density at radius 3 is 2.18 bits per heavy atom. The van der Waals surface area contributed by atoms with Crippen LogP contribution < -0.4 is 10.6 Å². The Kier molecular flexibility index (Phi) is 10.4. The Labute approximate surface area is 198 Å². The second kappa shape index (κ2) is 12.3. The summed E-state index contributed by atoms with van der Waals surface area (Å²) in [6.45, 7) is 14.9. The number of carbonyl (C=O) groups is 3. The highest BCUT2D eigenvalue weighted by Gasteiger charge is 2.38.